The van der Waals surface area contributed by atoms with Crippen molar-refractivity contribution in [2.24, 2.45) is 5.41 Å². The van der Waals surface area contributed by atoms with E-state index in [1.807, 2.05) is 0 Å². The molecule has 1 aliphatic carbocycles. The monoisotopic (exact) mass is 378 g/mol. The highest BCUT2D eigenvalue weighted by Crippen LogP contribution is 2.48. The number of benzene rings is 2. The first-order chi connectivity index (χ1) is 12.9. The van der Waals surface area contributed by atoms with Gasteiger partial charge in [-0.1, -0.05) is 0 Å². The highest BCUT2D eigenvalue weighted by atomic mass is 19.2. The van der Waals surface area contributed by atoms with Crippen LogP contribution >= 0.6 is 0 Å². The number of hydrogen-bond donors (Lipinski definition) is 2. The van der Waals surface area contributed by atoms with Crippen molar-refractivity contribution in [3.05, 3.63) is 47.8 Å². The van der Waals surface area contributed by atoms with Crippen LogP contribution in [0, 0.1) is 22.9 Å². The van der Waals surface area contributed by atoms with Crippen LogP contribution in [0.2, 0.25) is 0 Å². The second-order valence-electron chi connectivity index (χ2n) is 6.28. The van der Waals surface area contributed by atoms with Crippen molar-refractivity contribution in [1.29, 1.82) is 0 Å². The number of carbonyl (C=O) groups is 2. The highest BCUT2D eigenvalue weighted by molar-refractivity contribution is 6.17. The number of rotatable bonds is 4. The van der Waals surface area contributed by atoms with Gasteiger partial charge in [0.2, 0.25) is 18.6 Å². The fraction of sp³-hybridized carbons (Fsp3) is 0.222. The molecule has 0 atom stereocenters. The number of halogens is 3. The molecule has 2 N–H and O–H groups in total. The second-order valence-corrected chi connectivity index (χ2v) is 6.28. The minimum Gasteiger partial charge on any atom is -0.454 e. The molecule has 2 aromatic carbocycles. The lowest BCUT2D eigenvalue weighted by Gasteiger charge is -2.16. The van der Waals surface area contributed by atoms with E-state index in [0.29, 0.717) is 23.3 Å². The molecule has 1 saturated carbocycles. The molecule has 0 radical (unpaired) electrons. The summed E-state index contributed by atoms with van der Waals surface area (Å²) < 4.78 is 50.5. The van der Waals surface area contributed by atoms with Crippen molar-refractivity contribution in [1.82, 2.24) is 0 Å². The first kappa shape index (κ1) is 17.2. The average molecular weight is 378 g/mol. The van der Waals surface area contributed by atoms with Crippen molar-refractivity contribution in [3.8, 4) is 11.5 Å². The van der Waals surface area contributed by atoms with Gasteiger partial charge in [-0.2, -0.15) is 0 Å². The van der Waals surface area contributed by atoms with E-state index in [2.05, 4.69) is 10.6 Å². The third-order valence-corrected chi connectivity index (χ3v) is 4.53. The Hall–Kier alpha value is -3.23. The van der Waals surface area contributed by atoms with E-state index in [0.717, 1.165) is 6.07 Å². The third-order valence-electron chi connectivity index (χ3n) is 4.53. The number of nitrogens with one attached hydrogen (secondary N) is 2. The Kier molecular flexibility index (Phi) is 3.94. The van der Waals surface area contributed by atoms with Gasteiger partial charge in [0.1, 0.15) is 5.41 Å². The van der Waals surface area contributed by atoms with E-state index in [1.54, 1.807) is 18.2 Å². The van der Waals surface area contributed by atoms with E-state index in [1.165, 1.54) is 0 Å². The van der Waals surface area contributed by atoms with Crippen molar-refractivity contribution in [3.63, 3.8) is 0 Å². The SMILES string of the molecule is O=C(Nc1ccc2c(c1)OCO2)C1(C(=O)Nc2ccc(F)c(F)c2F)CC1. The van der Waals surface area contributed by atoms with Crippen LogP contribution in [0.15, 0.2) is 30.3 Å². The van der Waals surface area contributed by atoms with E-state index in [4.69, 9.17) is 9.47 Å². The van der Waals surface area contributed by atoms with Gasteiger partial charge in [0.25, 0.3) is 0 Å². The largest absolute Gasteiger partial charge is 0.454 e. The Labute approximate surface area is 151 Å². The molecular weight excluding hydrogens is 365 g/mol. The number of carbonyl (C=O) groups excluding carboxylic acids is 2. The summed E-state index contributed by atoms with van der Waals surface area (Å²) in [4.78, 5) is 25.0. The zero-order valence-corrected chi connectivity index (χ0v) is 13.8. The van der Waals surface area contributed by atoms with Crippen LogP contribution in [-0.2, 0) is 9.59 Å². The maximum atomic E-state index is 13.8. The summed E-state index contributed by atoms with van der Waals surface area (Å²) in [6.07, 6.45) is 0.501. The van der Waals surface area contributed by atoms with Crippen molar-refractivity contribution < 1.29 is 32.2 Å². The Morgan fingerprint density at radius 3 is 2.33 bits per heavy atom. The van der Waals surface area contributed by atoms with Gasteiger partial charge in [-0.3, -0.25) is 9.59 Å². The Morgan fingerprint density at radius 2 is 1.59 bits per heavy atom. The molecule has 2 aliphatic rings. The predicted octanol–water partition coefficient (Wildman–Crippen LogP) is 3.19. The summed E-state index contributed by atoms with van der Waals surface area (Å²) in [5.74, 6) is -4.94. The fourth-order valence-corrected chi connectivity index (χ4v) is 2.77. The quantitative estimate of drug-likeness (QED) is 0.633. The fourth-order valence-electron chi connectivity index (χ4n) is 2.77. The van der Waals surface area contributed by atoms with Crippen molar-refractivity contribution in [2.75, 3.05) is 17.4 Å². The van der Waals surface area contributed by atoms with Gasteiger partial charge in [-0.25, -0.2) is 13.2 Å². The Bertz CT molecular complexity index is 960. The van der Waals surface area contributed by atoms with E-state index >= 15 is 0 Å². The Morgan fingerprint density at radius 1 is 0.889 bits per heavy atom. The van der Waals surface area contributed by atoms with Gasteiger partial charge in [0.05, 0.1) is 5.69 Å². The average Bonchev–Trinajstić information content (AvgIpc) is 3.34. The van der Waals surface area contributed by atoms with Crippen LogP contribution in [0.1, 0.15) is 12.8 Å². The summed E-state index contributed by atoms with van der Waals surface area (Å²) >= 11 is 0. The van der Waals surface area contributed by atoms with E-state index < -0.39 is 40.4 Å². The molecule has 9 heteroatoms. The minimum absolute atomic E-state index is 0.0822. The summed E-state index contributed by atoms with van der Waals surface area (Å²) in [5.41, 5.74) is -1.52. The standard InChI is InChI=1S/C18H13F3N2O4/c19-10-2-3-11(15(21)14(10)20)23-17(25)18(5-6-18)16(24)22-9-1-4-12-13(7-9)27-8-26-12/h1-4,7H,5-6,8H2,(H,22,24)(H,23,25). The Balaban J connectivity index is 1.49. The molecule has 4 rings (SSSR count). The lowest BCUT2D eigenvalue weighted by Crippen LogP contribution is -2.36. The first-order valence-corrected chi connectivity index (χ1v) is 8.07. The van der Waals surface area contributed by atoms with Gasteiger partial charge in [-0.05, 0) is 37.1 Å². The molecule has 0 bridgehead atoms. The van der Waals surface area contributed by atoms with Crippen LogP contribution in [0.5, 0.6) is 11.5 Å². The normalized spacial score (nSPS) is 16.0. The number of fused-ring (bicyclic) bond motifs is 1. The summed E-state index contributed by atoms with van der Waals surface area (Å²) in [6.45, 7) is 0.0822. The summed E-state index contributed by atoms with van der Waals surface area (Å²) in [6, 6.07) is 6.36. The number of ether oxygens (including phenoxy) is 2. The lowest BCUT2D eigenvalue weighted by molar-refractivity contribution is -0.131. The molecule has 27 heavy (non-hydrogen) atoms. The van der Waals surface area contributed by atoms with E-state index in [9.17, 15) is 22.8 Å². The predicted molar refractivity (Wildman–Crippen MR) is 87.8 cm³/mol. The molecule has 2 aromatic rings. The molecule has 1 fully saturated rings. The van der Waals surface area contributed by atoms with Gasteiger partial charge in [0.15, 0.2) is 29.0 Å². The van der Waals surface area contributed by atoms with Crippen LogP contribution in [0.25, 0.3) is 0 Å². The molecule has 140 valence electrons. The van der Waals surface area contributed by atoms with Gasteiger partial charge in [0, 0.05) is 11.8 Å². The smallest absolute Gasteiger partial charge is 0.240 e. The molecule has 1 aliphatic heterocycles. The summed E-state index contributed by atoms with van der Waals surface area (Å²) in [7, 11) is 0. The molecule has 6 nitrogen and oxygen atoms in total. The number of hydrogen-bond acceptors (Lipinski definition) is 4. The van der Waals surface area contributed by atoms with Gasteiger partial charge >= 0.3 is 0 Å². The maximum Gasteiger partial charge on any atom is 0.240 e. The van der Waals surface area contributed by atoms with Crippen LogP contribution in [0.4, 0.5) is 24.5 Å². The molecule has 2 amide bonds. The third kappa shape index (κ3) is 2.94. The molecule has 0 saturated heterocycles. The molecule has 0 unspecified atom stereocenters. The number of amides is 2. The lowest BCUT2D eigenvalue weighted by atomic mass is 10.0. The molecular formula is C18H13F3N2O4. The maximum absolute atomic E-state index is 13.8. The minimum atomic E-state index is -1.69. The number of anilines is 2. The van der Waals surface area contributed by atoms with Crippen molar-refractivity contribution in [2.45, 2.75) is 12.8 Å². The second kappa shape index (κ2) is 6.19. The van der Waals surface area contributed by atoms with Crippen molar-refractivity contribution >= 4 is 23.2 Å². The zero-order valence-electron chi connectivity index (χ0n) is 13.8. The topological polar surface area (TPSA) is 76.7 Å². The van der Waals surface area contributed by atoms with Gasteiger partial charge in [-0.15, -0.1) is 0 Å². The first-order valence-electron chi connectivity index (χ1n) is 8.07. The van der Waals surface area contributed by atoms with Crippen LogP contribution in [-0.4, -0.2) is 18.6 Å². The van der Waals surface area contributed by atoms with Gasteiger partial charge < -0.3 is 20.1 Å². The zero-order chi connectivity index (χ0) is 19.2. The van der Waals surface area contributed by atoms with E-state index in [-0.39, 0.29) is 19.6 Å². The highest BCUT2D eigenvalue weighted by Gasteiger charge is 2.56. The van der Waals surface area contributed by atoms with Crippen LogP contribution < -0.4 is 20.1 Å². The van der Waals surface area contributed by atoms with Crippen LogP contribution in [0.3, 0.4) is 0 Å². The molecule has 0 spiro atoms. The molecule has 1 heterocycles. The summed E-state index contributed by atoms with van der Waals surface area (Å²) in [5, 5.41) is 4.78. The molecule has 0 aromatic heterocycles.